The Hall–Kier alpha value is -4.02. The Balaban J connectivity index is 2.24. The van der Waals surface area contributed by atoms with Gasteiger partial charge < -0.3 is 19.6 Å². The Labute approximate surface area is 180 Å². The molecule has 0 unspecified atom stereocenters. The van der Waals surface area contributed by atoms with Gasteiger partial charge in [-0.2, -0.15) is 13.8 Å². The molecule has 0 bridgehead atoms. The van der Waals surface area contributed by atoms with Crippen molar-refractivity contribution in [1.82, 2.24) is 9.97 Å². The van der Waals surface area contributed by atoms with E-state index in [9.17, 15) is 28.3 Å². The number of halogens is 2. The topological polar surface area (TPSA) is 131 Å². The number of ether oxygens (including phenoxy) is 2. The van der Waals surface area contributed by atoms with E-state index in [1.807, 2.05) is 0 Å². The van der Waals surface area contributed by atoms with Crippen molar-refractivity contribution in [2.75, 3.05) is 5.32 Å². The number of carboxylic acids is 1. The first kappa shape index (κ1) is 22.7. The minimum absolute atomic E-state index is 0.0565. The number of hydrogen-bond donors (Lipinski definition) is 3. The predicted molar refractivity (Wildman–Crippen MR) is 111 cm³/mol. The lowest BCUT2D eigenvalue weighted by Gasteiger charge is -2.21. The fraction of sp³-hybridized carbons (Fsp3) is 0.238. The zero-order valence-electron chi connectivity index (χ0n) is 17.2. The molecule has 11 heteroatoms. The van der Waals surface area contributed by atoms with Crippen molar-refractivity contribution in [3.8, 4) is 17.0 Å². The number of carboxylic acid groups (broad SMARTS) is 1. The van der Waals surface area contributed by atoms with Crippen LogP contribution in [0.3, 0.4) is 0 Å². The third-order valence-corrected chi connectivity index (χ3v) is 4.10. The first-order valence-electron chi connectivity index (χ1n) is 9.31. The zero-order chi connectivity index (χ0) is 23.6. The summed E-state index contributed by atoms with van der Waals surface area (Å²) in [6.07, 6.45) is -0.790. The lowest BCUT2D eigenvalue weighted by atomic mass is 9.96. The van der Waals surface area contributed by atoms with Crippen LogP contribution in [0.15, 0.2) is 41.2 Å². The highest BCUT2D eigenvalue weighted by Gasteiger charge is 2.24. The van der Waals surface area contributed by atoms with Gasteiger partial charge in [-0.05, 0) is 32.9 Å². The fourth-order valence-electron chi connectivity index (χ4n) is 3.02. The highest BCUT2D eigenvalue weighted by atomic mass is 19.3. The van der Waals surface area contributed by atoms with Crippen molar-refractivity contribution in [2.24, 2.45) is 0 Å². The summed E-state index contributed by atoms with van der Waals surface area (Å²) in [4.78, 5) is 42.9. The standard InChI is InChI=1S/C21H19F2N3O6/c1-21(2,3)32-20(30)24-12-7-5-4-6-10(12)14-11-8-9-13(31-19(22)23)25-16(11)26-17(27)15(14)18(28)29/h4-9,19H,1-3H3,(H,24,30)(H,28,29)(H,25,26,27). The summed E-state index contributed by atoms with van der Waals surface area (Å²) >= 11 is 0. The quantitative estimate of drug-likeness (QED) is 0.533. The van der Waals surface area contributed by atoms with Gasteiger partial charge in [0.1, 0.15) is 16.8 Å². The summed E-state index contributed by atoms with van der Waals surface area (Å²) in [6, 6.07) is 8.58. The second-order valence-corrected chi connectivity index (χ2v) is 7.61. The molecule has 3 rings (SSSR count). The maximum Gasteiger partial charge on any atom is 0.412 e. The van der Waals surface area contributed by atoms with Gasteiger partial charge in [-0.1, -0.05) is 18.2 Å². The van der Waals surface area contributed by atoms with E-state index in [4.69, 9.17) is 4.74 Å². The predicted octanol–water partition coefficient (Wildman–Crippen LogP) is 4.24. The molecule has 2 heterocycles. The molecule has 0 atom stereocenters. The summed E-state index contributed by atoms with van der Waals surface area (Å²) in [5.74, 6) is -1.99. The van der Waals surface area contributed by atoms with Crippen LogP contribution in [-0.2, 0) is 4.74 Å². The number of carbonyl (C=O) groups excluding carboxylic acids is 1. The van der Waals surface area contributed by atoms with Crippen LogP contribution in [-0.4, -0.2) is 39.3 Å². The van der Waals surface area contributed by atoms with Crippen LogP contribution in [0.4, 0.5) is 19.3 Å². The largest absolute Gasteiger partial charge is 0.477 e. The van der Waals surface area contributed by atoms with Gasteiger partial charge >= 0.3 is 18.7 Å². The summed E-state index contributed by atoms with van der Waals surface area (Å²) in [5, 5.41) is 12.4. The van der Waals surface area contributed by atoms with Gasteiger partial charge in [0.15, 0.2) is 0 Å². The smallest absolute Gasteiger partial charge is 0.412 e. The molecule has 0 fully saturated rings. The number of para-hydroxylation sites is 1. The van der Waals surface area contributed by atoms with E-state index in [2.05, 4.69) is 20.0 Å². The van der Waals surface area contributed by atoms with E-state index < -0.39 is 41.3 Å². The lowest BCUT2D eigenvalue weighted by Crippen LogP contribution is -2.27. The molecule has 168 valence electrons. The molecule has 9 nitrogen and oxygen atoms in total. The molecular weight excluding hydrogens is 428 g/mol. The van der Waals surface area contributed by atoms with Gasteiger partial charge in [0, 0.05) is 22.6 Å². The maximum absolute atomic E-state index is 12.5. The highest BCUT2D eigenvalue weighted by Crippen LogP contribution is 2.35. The van der Waals surface area contributed by atoms with Crippen molar-refractivity contribution in [2.45, 2.75) is 33.0 Å². The van der Waals surface area contributed by atoms with E-state index in [0.29, 0.717) is 0 Å². The van der Waals surface area contributed by atoms with Gasteiger partial charge in [0.05, 0.1) is 5.69 Å². The number of pyridine rings is 2. The number of amides is 1. The van der Waals surface area contributed by atoms with Gasteiger partial charge in [-0.3, -0.25) is 10.1 Å². The molecule has 32 heavy (non-hydrogen) atoms. The van der Waals surface area contributed by atoms with Gasteiger partial charge in [0.2, 0.25) is 5.88 Å². The van der Waals surface area contributed by atoms with E-state index in [-0.39, 0.29) is 27.8 Å². The normalized spacial score (nSPS) is 11.4. The number of H-pyrrole nitrogens is 1. The van der Waals surface area contributed by atoms with Crippen molar-refractivity contribution < 1.29 is 33.0 Å². The van der Waals surface area contributed by atoms with Crippen molar-refractivity contribution in [3.05, 3.63) is 52.3 Å². The Morgan fingerprint density at radius 1 is 1.16 bits per heavy atom. The highest BCUT2D eigenvalue weighted by molar-refractivity contribution is 6.08. The first-order chi connectivity index (χ1) is 15.0. The molecule has 0 aliphatic rings. The van der Waals surface area contributed by atoms with Crippen LogP contribution in [0.5, 0.6) is 5.88 Å². The molecule has 0 radical (unpaired) electrons. The number of hydrogen-bond acceptors (Lipinski definition) is 6. The number of fused-ring (bicyclic) bond motifs is 1. The number of aromatic amines is 1. The molecule has 2 aromatic heterocycles. The summed E-state index contributed by atoms with van der Waals surface area (Å²) in [7, 11) is 0. The number of carbonyl (C=O) groups is 2. The number of nitrogens with zero attached hydrogens (tertiary/aromatic N) is 1. The average molecular weight is 447 g/mol. The minimum atomic E-state index is -3.14. The maximum atomic E-state index is 12.5. The molecule has 1 aromatic carbocycles. The van der Waals surface area contributed by atoms with Crippen LogP contribution < -0.4 is 15.6 Å². The Morgan fingerprint density at radius 3 is 2.47 bits per heavy atom. The number of benzene rings is 1. The third-order valence-electron chi connectivity index (χ3n) is 4.10. The van der Waals surface area contributed by atoms with E-state index >= 15 is 0 Å². The summed E-state index contributed by atoms with van der Waals surface area (Å²) in [6.45, 7) is 1.89. The van der Waals surface area contributed by atoms with Crippen molar-refractivity contribution >= 4 is 28.8 Å². The summed E-state index contributed by atoms with van der Waals surface area (Å²) < 4.78 is 34.6. The second-order valence-electron chi connectivity index (χ2n) is 7.61. The van der Waals surface area contributed by atoms with Crippen LogP contribution in [0, 0.1) is 0 Å². The number of rotatable bonds is 5. The molecule has 3 aromatic rings. The molecule has 0 saturated heterocycles. The monoisotopic (exact) mass is 447 g/mol. The van der Waals surface area contributed by atoms with Gasteiger partial charge in [-0.25, -0.2) is 9.59 Å². The van der Waals surface area contributed by atoms with Gasteiger partial charge in [-0.15, -0.1) is 0 Å². The number of alkyl halides is 2. The van der Waals surface area contributed by atoms with E-state index in [1.165, 1.54) is 18.2 Å². The van der Waals surface area contributed by atoms with E-state index in [1.54, 1.807) is 32.9 Å². The van der Waals surface area contributed by atoms with Crippen molar-refractivity contribution in [3.63, 3.8) is 0 Å². The molecule has 0 spiro atoms. The average Bonchev–Trinajstić information content (AvgIpc) is 2.65. The molecular formula is C21H19F2N3O6. The number of anilines is 1. The number of nitrogens with one attached hydrogen (secondary N) is 2. The van der Waals surface area contributed by atoms with Crippen LogP contribution >= 0.6 is 0 Å². The Kier molecular flexibility index (Phi) is 6.10. The SMILES string of the molecule is CC(C)(C)OC(=O)Nc1ccccc1-c1c(C(=O)O)c(=O)[nH]c2nc(OC(F)F)ccc12. The minimum Gasteiger partial charge on any atom is -0.477 e. The third kappa shape index (κ3) is 4.99. The summed E-state index contributed by atoms with van der Waals surface area (Å²) in [5.41, 5.74) is -2.26. The molecule has 1 amide bonds. The fourth-order valence-corrected chi connectivity index (χ4v) is 3.02. The lowest BCUT2D eigenvalue weighted by molar-refractivity contribution is -0.0526. The van der Waals surface area contributed by atoms with Crippen LogP contribution in [0.2, 0.25) is 0 Å². The van der Waals surface area contributed by atoms with Gasteiger partial charge in [0.25, 0.3) is 5.56 Å². The first-order valence-corrected chi connectivity index (χ1v) is 9.31. The zero-order valence-corrected chi connectivity index (χ0v) is 17.2. The molecule has 0 aliphatic heterocycles. The number of aromatic carboxylic acids is 1. The van der Waals surface area contributed by atoms with Crippen LogP contribution in [0.25, 0.3) is 22.2 Å². The van der Waals surface area contributed by atoms with Crippen LogP contribution in [0.1, 0.15) is 31.1 Å². The molecule has 3 N–H and O–H groups in total. The molecule has 0 aliphatic carbocycles. The number of aromatic nitrogens is 2. The Bertz CT molecular complexity index is 1250. The Morgan fingerprint density at radius 2 is 1.84 bits per heavy atom. The molecule has 0 saturated carbocycles. The van der Waals surface area contributed by atoms with Crippen molar-refractivity contribution in [1.29, 1.82) is 0 Å². The second kappa shape index (κ2) is 8.61. The van der Waals surface area contributed by atoms with E-state index in [0.717, 1.165) is 6.07 Å².